The minimum absolute atomic E-state index is 0. The van der Waals surface area contributed by atoms with Gasteiger partial charge in [0.05, 0.1) is 0 Å². The van der Waals surface area contributed by atoms with Gasteiger partial charge in [0.1, 0.15) is 0 Å². The Labute approximate surface area is 64.3 Å². The normalized spacial score (nSPS) is 0.750. The van der Waals surface area contributed by atoms with Gasteiger partial charge in [-0.25, -0.2) is 0 Å². The molecule has 0 spiro atoms. The summed E-state index contributed by atoms with van der Waals surface area (Å²) < 4.78 is 8.25. The molecule has 4 heteroatoms. The quantitative estimate of drug-likeness (QED) is 0.518. The Kier molecular flexibility index (Phi) is 88.9. The molecule has 0 N–H and O–H groups in total. The molecule has 0 amide bonds. The summed E-state index contributed by atoms with van der Waals surface area (Å²) in [7, 11) is 0. The van der Waals surface area contributed by atoms with Crippen LogP contribution in [0.15, 0.2) is 0 Å². The van der Waals surface area contributed by atoms with Crippen molar-refractivity contribution in [1.29, 1.82) is 0 Å². The Balaban J connectivity index is -0.00000000500. The molecule has 0 saturated carbocycles. The first-order chi connectivity index (χ1) is 1.00. The van der Waals surface area contributed by atoms with Crippen LogP contribution in [0.2, 0.25) is 0 Å². The molecule has 0 aromatic carbocycles. The molecule has 4 heavy (non-hydrogen) atoms. The second kappa shape index (κ2) is 21.0. The molecule has 0 aromatic heterocycles. The van der Waals surface area contributed by atoms with Crippen molar-refractivity contribution in [3.05, 3.63) is 0 Å². The topological polar surface area (TPSA) is 17.1 Å². The molecular formula is HLiOTaTi. The first-order valence-corrected chi connectivity index (χ1v) is 0.842. The second-order valence-electron chi connectivity index (χ2n) is 0. The maximum atomic E-state index is 8.25. The number of rotatable bonds is 0. The van der Waals surface area contributed by atoms with E-state index in [1.807, 2.05) is 0 Å². The summed E-state index contributed by atoms with van der Waals surface area (Å²) in [4.78, 5) is 0. The van der Waals surface area contributed by atoms with Gasteiger partial charge in [-0.1, -0.05) is 0 Å². The van der Waals surface area contributed by atoms with Gasteiger partial charge in [0.25, 0.3) is 0 Å². The van der Waals surface area contributed by atoms with E-state index >= 15 is 0 Å². The SMILES string of the molecule is [LiH].[O]=[Ti].[Ta]. The van der Waals surface area contributed by atoms with Crippen molar-refractivity contribution in [2.24, 2.45) is 0 Å². The van der Waals surface area contributed by atoms with E-state index in [1.54, 1.807) is 0 Å². The Morgan fingerprint density at radius 1 is 1.25 bits per heavy atom. The monoisotopic (exact) mass is 253 g/mol. The van der Waals surface area contributed by atoms with E-state index < -0.39 is 0 Å². The van der Waals surface area contributed by atoms with Gasteiger partial charge < -0.3 is 0 Å². The largest absolute Gasteiger partial charge is 0 e. The fraction of sp³-hybridized carbons (Fsp3) is 0. The van der Waals surface area contributed by atoms with Gasteiger partial charge in [0.2, 0.25) is 0 Å². The summed E-state index contributed by atoms with van der Waals surface area (Å²) in [5, 5.41) is 0. The van der Waals surface area contributed by atoms with Gasteiger partial charge in [0, 0.05) is 22.4 Å². The van der Waals surface area contributed by atoms with Crippen LogP contribution in [0.5, 0.6) is 0 Å². The summed E-state index contributed by atoms with van der Waals surface area (Å²) in [6, 6.07) is 0. The van der Waals surface area contributed by atoms with Crippen LogP contribution < -0.4 is 0 Å². The molecule has 0 saturated heterocycles. The summed E-state index contributed by atoms with van der Waals surface area (Å²) in [6.45, 7) is 0. The third-order valence-corrected chi connectivity index (χ3v) is 0. The molecule has 0 rings (SSSR count). The summed E-state index contributed by atoms with van der Waals surface area (Å²) in [5.41, 5.74) is 0. The Morgan fingerprint density at radius 3 is 1.25 bits per heavy atom. The van der Waals surface area contributed by atoms with E-state index in [0.29, 0.717) is 0 Å². The van der Waals surface area contributed by atoms with Crippen LogP contribution in [0, 0.1) is 0 Å². The predicted molar refractivity (Wildman–Crippen MR) is 7.84 cm³/mol. The average molecular weight is 253 g/mol. The zero-order valence-corrected chi connectivity index (χ0v) is 6.13. The first kappa shape index (κ1) is 16.9. The van der Waals surface area contributed by atoms with E-state index in [4.69, 9.17) is 3.32 Å². The van der Waals surface area contributed by atoms with Crippen molar-refractivity contribution in [1.82, 2.24) is 0 Å². The fourth-order valence-electron chi connectivity index (χ4n) is 0. The first-order valence-electron chi connectivity index (χ1n) is 0.204. The molecule has 0 fully saturated rings. The van der Waals surface area contributed by atoms with Crippen LogP contribution in [-0.2, 0) is 46.1 Å². The molecule has 0 aromatic rings. The van der Waals surface area contributed by atoms with Gasteiger partial charge in [-0.05, 0) is 0 Å². The molecule has 0 unspecified atom stereocenters. The van der Waals surface area contributed by atoms with Gasteiger partial charge in [-0.3, -0.25) is 0 Å². The van der Waals surface area contributed by atoms with E-state index in [1.165, 1.54) is 0 Å². The van der Waals surface area contributed by atoms with Gasteiger partial charge >= 0.3 is 42.6 Å². The molecular weight excluding hydrogens is 252 g/mol. The van der Waals surface area contributed by atoms with Gasteiger partial charge in [0.15, 0.2) is 0 Å². The van der Waals surface area contributed by atoms with Crippen molar-refractivity contribution in [2.75, 3.05) is 0 Å². The van der Waals surface area contributed by atoms with Crippen molar-refractivity contribution in [3.63, 3.8) is 0 Å². The Hall–Kier alpha value is 1.85. The minimum atomic E-state index is 0. The maximum Gasteiger partial charge on any atom is 0 e. The molecule has 0 aliphatic rings. The molecule has 0 aliphatic carbocycles. The van der Waals surface area contributed by atoms with Crippen molar-refractivity contribution < 1.29 is 46.1 Å². The molecule has 1 radical (unpaired) electrons. The molecule has 17 valence electrons. The molecule has 0 atom stereocenters. The number of hydrogen-bond donors (Lipinski definition) is 0. The molecule has 1 nitrogen and oxygen atoms in total. The zero-order valence-electron chi connectivity index (χ0n) is 1.36. The van der Waals surface area contributed by atoms with E-state index in [-0.39, 0.29) is 41.2 Å². The van der Waals surface area contributed by atoms with Gasteiger partial charge in [-0.15, -0.1) is 0 Å². The minimum Gasteiger partial charge on any atom is 0 e. The number of hydrogen-bond acceptors (Lipinski definition) is 1. The summed E-state index contributed by atoms with van der Waals surface area (Å²) in [6.07, 6.45) is 0. The van der Waals surface area contributed by atoms with Crippen molar-refractivity contribution >= 4 is 18.9 Å². The van der Waals surface area contributed by atoms with Crippen LogP contribution in [0.4, 0.5) is 0 Å². The third-order valence-electron chi connectivity index (χ3n) is 0. The fourth-order valence-corrected chi connectivity index (χ4v) is 0. The van der Waals surface area contributed by atoms with Crippen LogP contribution in [0.1, 0.15) is 0 Å². The van der Waals surface area contributed by atoms with E-state index in [0.717, 1.165) is 20.4 Å². The summed E-state index contributed by atoms with van der Waals surface area (Å²) >= 11 is 0.750. The van der Waals surface area contributed by atoms with E-state index in [2.05, 4.69) is 0 Å². The van der Waals surface area contributed by atoms with Crippen LogP contribution in [0.3, 0.4) is 0 Å². The van der Waals surface area contributed by atoms with Crippen molar-refractivity contribution in [2.45, 2.75) is 0 Å². The maximum absolute atomic E-state index is 8.25. The third kappa shape index (κ3) is 9.13. The molecule has 0 heterocycles. The van der Waals surface area contributed by atoms with Crippen LogP contribution in [-0.4, -0.2) is 18.9 Å². The Morgan fingerprint density at radius 2 is 1.25 bits per heavy atom. The standard InChI is InChI=1S/Li.O.Ta.Ti.H. The predicted octanol–water partition coefficient (Wildman–Crippen LogP) is -0.772. The van der Waals surface area contributed by atoms with Crippen LogP contribution in [0.25, 0.3) is 0 Å². The van der Waals surface area contributed by atoms with Crippen molar-refractivity contribution in [3.8, 4) is 0 Å². The second-order valence-corrected chi connectivity index (χ2v) is 0. The summed E-state index contributed by atoms with van der Waals surface area (Å²) in [5.74, 6) is 0. The Bertz CT molecular complexity index is 8.00. The zero-order chi connectivity index (χ0) is 2.00. The van der Waals surface area contributed by atoms with Crippen LogP contribution >= 0.6 is 0 Å². The molecule has 0 bridgehead atoms. The smallest absolute Gasteiger partial charge is 0 e. The average Bonchev–Trinajstić information content (AvgIpc) is 1.00. The van der Waals surface area contributed by atoms with E-state index in [9.17, 15) is 0 Å². The molecule has 0 aliphatic heterocycles. The van der Waals surface area contributed by atoms with Gasteiger partial charge in [-0.2, -0.15) is 0 Å².